The lowest BCUT2D eigenvalue weighted by Gasteiger charge is -2.24. The van der Waals surface area contributed by atoms with Crippen LogP contribution in [-0.2, 0) is 16.1 Å². The number of hydrogen-bond donors (Lipinski definition) is 0. The van der Waals surface area contributed by atoms with Gasteiger partial charge in [-0.05, 0) is 30.4 Å². The smallest absolute Gasteiger partial charge is 0.277 e. The summed E-state index contributed by atoms with van der Waals surface area (Å²) in [6.45, 7) is 5.85. The Kier molecular flexibility index (Phi) is 5.89. The van der Waals surface area contributed by atoms with Gasteiger partial charge in [0.05, 0.1) is 5.57 Å². The second-order valence-corrected chi connectivity index (χ2v) is 7.26. The third-order valence-electron chi connectivity index (χ3n) is 4.56. The van der Waals surface area contributed by atoms with Crippen LogP contribution in [0.3, 0.4) is 0 Å². The molecule has 1 aliphatic heterocycles. The summed E-state index contributed by atoms with van der Waals surface area (Å²) in [5, 5.41) is 1.94. The van der Waals surface area contributed by atoms with Crippen molar-refractivity contribution in [3.63, 3.8) is 0 Å². The van der Waals surface area contributed by atoms with E-state index in [0.717, 1.165) is 23.3 Å². The Morgan fingerprint density at radius 3 is 2.38 bits per heavy atom. The Hall–Kier alpha value is -2.40. The summed E-state index contributed by atoms with van der Waals surface area (Å²) < 4.78 is 0. The van der Waals surface area contributed by atoms with Crippen LogP contribution in [0.4, 0.5) is 0 Å². The lowest BCUT2D eigenvalue weighted by Crippen LogP contribution is -2.35. The summed E-state index contributed by atoms with van der Waals surface area (Å²) in [6, 6.07) is 13.9. The molecule has 136 valence electrons. The Balaban J connectivity index is 2.00. The number of carbonyl (C=O) groups excluding carboxylic acids is 2. The Labute approximate surface area is 158 Å². The zero-order chi connectivity index (χ0) is 18.5. The molecule has 0 aliphatic carbocycles. The summed E-state index contributed by atoms with van der Waals surface area (Å²) >= 11 is 1.51. The summed E-state index contributed by atoms with van der Waals surface area (Å²) in [4.78, 5) is 30.5. The molecule has 4 nitrogen and oxygen atoms in total. The maximum Gasteiger partial charge on any atom is 0.277 e. The molecule has 2 aromatic rings. The van der Waals surface area contributed by atoms with Gasteiger partial charge in [0.1, 0.15) is 5.70 Å². The molecular weight excluding hydrogens is 344 g/mol. The predicted molar refractivity (Wildman–Crippen MR) is 105 cm³/mol. The van der Waals surface area contributed by atoms with Crippen molar-refractivity contribution in [2.24, 2.45) is 0 Å². The molecule has 1 aromatic carbocycles. The quantitative estimate of drug-likeness (QED) is 0.657. The highest BCUT2D eigenvalue weighted by Crippen LogP contribution is 2.34. The van der Waals surface area contributed by atoms with E-state index in [2.05, 4.69) is 6.92 Å². The fourth-order valence-corrected chi connectivity index (χ4v) is 3.93. The molecule has 0 saturated carbocycles. The molecule has 0 atom stereocenters. The van der Waals surface area contributed by atoms with Crippen molar-refractivity contribution in [2.75, 3.05) is 13.1 Å². The molecule has 0 radical (unpaired) electrons. The number of amides is 2. The van der Waals surface area contributed by atoms with Crippen LogP contribution in [0, 0.1) is 0 Å². The molecule has 26 heavy (non-hydrogen) atoms. The lowest BCUT2D eigenvalue weighted by atomic mass is 10.1. The number of benzene rings is 1. The molecule has 0 unspecified atom stereocenters. The van der Waals surface area contributed by atoms with E-state index in [1.807, 2.05) is 59.7 Å². The number of thiophene rings is 1. The molecule has 0 spiro atoms. The van der Waals surface area contributed by atoms with E-state index >= 15 is 0 Å². The second kappa shape index (κ2) is 8.32. The monoisotopic (exact) mass is 368 g/mol. The number of unbranched alkanes of at least 4 members (excludes halogenated alkanes) is 1. The molecule has 2 amide bonds. The third-order valence-corrected chi connectivity index (χ3v) is 5.45. The summed E-state index contributed by atoms with van der Waals surface area (Å²) in [6.07, 6.45) is 1.77. The summed E-state index contributed by atoms with van der Waals surface area (Å²) in [7, 11) is 0. The third kappa shape index (κ3) is 3.58. The van der Waals surface area contributed by atoms with E-state index in [0.29, 0.717) is 30.9 Å². The Morgan fingerprint density at radius 1 is 1.00 bits per heavy atom. The van der Waals surface area contributed by atoms with E-state index < -0.39 is 0 Å². The topological polar surface area (TPSA) is 40.6 Å². The van der Waals surface area contributed by atoms with Crippen LogP contribution in [0.25, 0.3) is 5.57 Å². The van der Waals surface area contributed by atoms with Gasteiger partial charge in [0.15, 0.2) is 0 Å². The molecular formula is C21H24N2O2S. The molecule has 0 fully saturated rings. The number of hydrogen-bond acceptors (Lipinski definition) is 4. The molecule has 1 aromatic heterocycles. The minimum absolute atomic E-state index is 0.160. The molecule has 1 aliphatic rings. The second-order valence-electron chi connectivity index (χ2n) is 6.32. The average Bonchev–Trinajstić information content (AvgIpc) is 3.26. The van der Waals surface area contributed by atoms with E-state index in [1.54, 1.807) is 0 Å². The van der Waals surface area contributed by atoms with Crippen molar-refractivity contribution in [1.29, 1.82) is 0 Å². The lowest BCUT2D eigenvalue weighted by molar-refractivity contribution is -0.137. The van der Waals surface area contributed by atoms with Crippen molar-refractivity contribution in [2.45, 2.75) is 33.2 Å². The summed E-state index contributed by atoms with van der Waals surface area (Å²) in [5.41, 5.74) is 2.22. The Morgan fingerprint density at radius 2 is 1.77 bits per heavy atom. The first-order valence-electron chi connectivity index (χ1n) is 9.10. The molecule has 2 heterocycles. The zero-order valence-electron chi connectivity index (χ0n) is 15.3. The van der Waals surface area contributed by atoms with E-state index in [4.69, 9.17) is 0 Å². The number of rotatable bonds is 8. The fourth-order valence-electron chi connectivity index (χ4n) is 3.17. The van der Waals surface area contributed by atoms with Gasteiger partial charge >= 0.3 is 0 Å². The van der Waals surface area contributed by atoms with Gasteiger partial charge in [-0.25, -0.2) is 0 Å². The van der Waals surface area contributed by atoms with Gasteiger partial charge in [-0.3, -0.25) is 14.5 Å². The van der Waals surface area contributed by atoms with Crippen molar-refractivity contribution in [3.8, 4) is 0 Å². The van der Waals surface area contributed by atoms with Crippen LogP contribution in [0.2, 0.25) is 0 Å². The largest absolute Gasteiger partial charge is 0.362 e. The van der Waals surface area contributed by atoms with Gasteiger partial charge in [0.2, 0.25) is 0 Å². The minimum Gasteiger partial charge on any atom is -0.362 e. The van der Waals surface area contributed by atoms with E-state index in [9.17, 15) is 9.59 Å². The van der Waals surface area contributed by atoms with E-state index in [1.165, 1.54) is 16.2 Å². The fraction of sp³-hybridized carbons (Fsp3) is 0.333. The molecule has 5 heteroatoms. The molecule has 0 N–H and O–H groups in total. The van der Waals surface area contributed by atoms with Crippen LogP contribution in [-0.4, -0.2) is 34.7 Å². The SMILES string of the molecule is CCCCN1C(=O)C(c2cccs2)=C(N(CC)Cc2ccccc2)C1=O. The maximum atomic E-state index is 13.1. The first-order chi connectivity index (χ1) is 12.7. The number of likely N-dealkylation sites (N-methyl/N-ethyl adjacent to an activating group) is 1. The zero-order valence-corrected chi connectivity index (χ0v) is 16.1. The highest BCUT2D eigenvalue weighted by atomic mass is 32.1. The van der Waals surface area contributed by atoms with Crippen LogP contribution >= 0.6 is 11.3 Å². The van der Waals surface area contributed by atoms with Crippen LogP contribution in [0.15, 0.2) is 53.5 Å². The van der Waals surface area contributed by atoms with Gasteiger partial charge in [0, 0.05) is 24.5 Å². The standard InChI is InChI=1S/C21H24N2O2S/c1-3-5-13-23-20(24)18(17-12-9-14-26-17)19(21(23)25)22(4-2)15-16-10-7-6-8-11-16/h6-12,14H,3-5,13,15H2,1-2H3. The van der Waals surface area contributed by atoms with Crippen molar-refractivity contribution in [1.82, 2.24) is 9.80 Å². The average molecular weight is 369 g/mol. The molecule has 3 rings (SSSR count). The predicted octanol–water partition coefficient (Wildman–Crippen LogP) is 4.15. The summed E-state index contributed by atoms with van der Waals surface area (Å²) in [5.74, 6) is -0.322. The minimum atomic E-state index is -0.162. The normalized spacial score (nSPS) is 14.5. The van der Waals surface area contributed by atoms with Gasteiger partial charge < -0.3 is 4.90 Å². The van der Waals surface area contributed by atoms with Crippen molar-refractivity contribution >= 4 is 28.7 Å². The van der Waals surface area contributed by atoms with Crippen molar-refractivity contribution < 1.29 is 9.59 Å². The van der Waals surface area contributed by atoms with Gasteiger partial charge in [0.25, 0.3) is 11.8 Å². The van der Waals surface area contributed by atoms with Gasteiger partial charge in [-0.15, -0.1) is 11.3 Å². The maximum absolute atomic E-state index is 13.1. The highest BCUT2D eigenvalue weighted by molar-refractivity contribution is 7.11. The molecule has 0 bridgehead atoms. The van der Waals surface area contributed by atoms with Gasteiger partial charge in [-0.2, -0.15) is 0 Å². The van der Waals surface area contributed by atoms with Gasteiger partial charge in [-0.1, -0.05) is 49.7 Å². The number of carbonyl (C=O) groups is 2. The first kappa shape index (κ1) is 18.4. The van der Waals surface area contributed by atoms with Crippen LogP contribution in [0.5, 0.6) is 0 Å². The van der Waals surface area contributed by atoms with Crippen molar-refractivity contribution in [3.05, 3.63) is 64.0 Å². The van der Waals surface area contributed by atoms with E-state index in [-0.39, 0.29) is 11.8 Å². The first-order valence-corrected chi connectivity index (χ1v) is 9.98. The highest BCUT2D eigenvalue weighted by Gasteiger charge is 2.41. The number of nitrogens with zero attached hydrogens (tertiary/aromatic N) is 2. The number of imide groups is 1. The Bertz CT molecular complexity index is 797. The molecule has 0 saturated heterocycles. The van der Waals surface area contributed by atoms with Crippen LogP contribution in [0.1, 0.15) is 37.1 Å². The van der Waals surface area contributed by atoms with Crippen LogP contribution < -0.4 is 0 Å².